The van der Waals surface area contributed by atoms with Crippen LogP contribution >= 0.6 is 0 Å². The summed E-state index contributed by atoms with van der Waals surface area (Å²) in [6.07, 6.45) is 21.5. The topological polar surface area (TPSA) is 21.8 Å². The minimum absolute atomic E-state index is 1.15. The Kier molecular flexibility index (Phi) is 66.2. The van der Waals surface area contributed by atoms with Crippen molar-refractivity contribution < 1.29 is 0 Å². The van der Waals surface area contributed by atoms with Gasteiger partial charge < -0.3 is 20.0 Å². The van der Waals surface area contributed by atoms with E-state index in [1.807, 2.05) is 27.7 Å². The van der Waals surface area contributed by atoms with Crippen molar-refractivity contribution in [1.82, 2.24) is 20.0 Å². The second kappa shape index (κ2) is 54.3. The van der Waals surface area contributed by atoms with E-state index < -0.39 is 0 Å². The van der Waals surface area contributed by atoms with Crippen LogP contribution in [0.1, 0.15) is 186 Å². The van der Waals surface area contributed by atoms with Gasteiger partial charge in [-0.15, -0.1) is 0 Å². The smallest absolute Gasteiger partial charge is 0.0109 e. The molecule has 0 saturated carbocycles. The summed E-state index contributed by atoms with van der Waals surface area (Å²) in [4.78, 5) is 7.96. The Bertz CT molecular complexity index is 376. The number of rotatable bonds is 13. The van der Waals surface area contributed by atoms with Crippen LogP contribution in [0.4, 0.5) is 0 Å². The predicted molar refractivity (Wildman–Crippen MR) is 205 cm³/mol. The molecular weight excluding hydrogens is 524 g/mol. The third kappa shape index (κ3) is 54.7. The zero-order valence-electron chi connectivity index (χ0n) is 33.2. The van der Waals surface area contributed by atoms with E-state index in [0.717, 1.165) is 6.54 Å². The summed E-state index contributed by atoms with van der Waals surface area (Å²) in [5.41, 5.74) is 0. The van der Waals surface area contributed by atoms with Crippen molar-refractivity contribution in [3.8, 4) is 0 Å². The Morgan fingerprint density at radius 2 is 0.814 bits per heavy atom. The maximum Gasteiger partial charge on any atom is 0.0109 e. The molecule has 0 unspecified atom stereocenters. The second-order valence-corrected chi connectivity index (χ2v) is 11.6. The van der Waals surface area contributed by atoms with Gasteiger partial charge in [-0.05, 0) is 72.0 Å². The Labute approximate surface area is 277 Å². The Balaban J connectivity index is -0.000000249. The first kappa shape index (κ1) is 52.4. The molecule has 0 atom stereocenters. The highest BCUT2D eigenvalue weighted by Gasteiger charge is 2.10. The first-order chi connectivity index (χ1) is 21.0. The van der Waals surface area contributed by atoms with Gasteiger partial charge in [0, 0.05) is 26.2 Å². The highest BCUT2D eigenvalue weighted by molar-refractivity contribution is 4.67. The van der Waals surface area contributed by atoms with Crippen molar-refractivity contribution in [3.05, 3.63) is 0 Å². The minimum Gasteiger partial charge on any atom is -0.315 e. The van der Waals surface area contributed by atoms with E-state index in [0.29, 0.717) is 0 Å². The maximum absolute atomic E-state index is 3.70. The predicted octanol–water partition coefficient (Wildman–Crippen LogP) is 11.5. The van der Waals surface area contributed by atoms with Gasteiger partial charge in [0.05, 0.1) is 0 Å². The lowest BCUT2D eigenvalue weighted by Gasteiger charge is -2.28. The Morgan fingerprint density at radius 3 is 1.23 bits per heavy atom. The van der Waals surface area contributed by atoms with Crippen LogP contribution in [0.3, 0.4) is 0 Å². The molecule has 268 valence electrons. The lowest BCUT2D eigenvalue weighted by molar-refractivity contribution is 0.200. The molecule has 0 aromatic carbocycles. The van der Waals surface area contributed by atoms with Crippen molar-refractivity contribution in [2.75, 3.05) is 72.5 Å². The monoisotopic (exact) mass is 617 g/mol. The SMILES string of the molecule is CC.CC.CCCC.CCCC.CCCC.CCCCCCN1CCCN(C)CCN(CCCCCC)CCCNCC1. The summed E-state index contributed by atoms with van der Waals surface area (Å²) in [6.45, 7) is 38.0. The van der Waals surface area contributed by atoms with E-state index in [2.05, 4.69) is 82.5 Å². The number of hydrogen-bond acceptors (Lipinski definition) is 4. The van der Waals surface area contributed by atoms with E-state index in [1.165, 1.54) is 162 Å². The molecule has 1 aliphatic rings. The fourth-order valence-corrected chi connectivity index (χ4v) is 3.97. The van der Waals surface area contributed by atoms with E-state index in [9.17, 15) is 0 Å². The number of hydrogen-bond donors (Lipinski definition) is 1. The molecule has 1 heterocycles. The summed E-state index contributed by atoms with van der Waals surface area (Å²) in [5, 5.41) is 3.70. The second-order valence-electron chi connectivity index (χ2n) is 11.6. The lowest BCUT2D eigenvalue weighted by atomic mass is 10.2. The molecule has 1 fully saturated rings. The molecule has 0 aliphatic carbocycles. The highest BCUT2D eigenvalue weighted by atomic mass is 15.2. The lowest BCUT2D eigenvalue weighted by Crippen LogP contribution is -2.39. The number of likely N-dealkylation sites (N-methyl/N-ethyl adjacent to an activating group) is 1. The molecule has 0 bridgehead atoms. The zero-order chi connectivity index (χ0) is 33.8. The van der Waals surface area contributed by atoms with Crippen molar-refractivity contribution in [2.24, 2.45) is 0 Å². The van der Waals surface area contributed by atoms with Gasteiger partial charge in [0.25, 0.3) is 0 Å². The average Bonchev–Trinajstić information content (AvgIpc) is 3.06. The third-order valence-corrected chi connectivity index (χ3v) is 7.40. The molecule has 4 heteroatoms. The van der Waals surface area contributed by atoms with E-state index in [-0.39, 0.29) is 0 Å². The quantitative estimate of drug-likeness (QED) is 0.208. The summed E-state index contributed by atoms with van der Waals surface area (Å²) in [6, 6.07) is 0. The standard InChI is InChI=1S/C23H50N4.3C4H10.2C2H6/c1-4-6-8-10-17-26-20-13-16-25(3)22-23-27(18-11-9-7-5-2)19-12-14-24-15-21-26;3*1-3-4-2;2*1-2/h24H,4-23H2,1-3H3;3*3-4H2,1-2H3;2*1-2H3. The van der Waals surface area contributed by atoms with Crippen molar-refractivity contribution >= 4 is 0 Å². The summed E-state index contributed by atoms with van der Waals surface area (Å²) >= 11 is 0. The molecule has 1 saturated heterocycles. The Hall–Kier alpha value is -0.160. The fraction of sp³-hybridized carbons (Fsp3) is 1.00. The van der Waals surface area contributed by atoms with Crippen LogP contribution < -0.4 is 5.32 Å². The molecule has 43 heavy (non-hydrogen) atoms. The van der Waals surface area contributed by atoms with Crippen LogP contribution in [0.2, 0.25) is 0 Å². The Morgan fingerprint density at radius 1 is 0.395 bits per heavy atom. The zero-order valence-corrected chi connectivity index (χ0v) is 33.2. The molecular formula is C39H92N4. The van der Waals surface area contributed by atoms with Crippen LogP contribution in [-0.2, 0) is 0 Å². The van der Waals surface area contributed by atoms with Crippen LogP contribution in [0.15, 0.2) is 0 Å². The normalized spacial score (nSPS) is 15.3. The van der Waals surface area contributed by atoms with E-state index in [4.69, 9.17) is 0 Å². The first-order valence-electron chi connectivity index (χ1n) is 19.8. The van der Waals surface area contributed by atoms with Gasteiger partial charge in [-0.25, -0.2) is 0 Å². The number of nitrogens with zero attached hydrogens (tertiary/aromatic N) is 3. The van der Waals surface area contributed by atoms with Gasteiger partial charge in [0.1, 0.15) is 0 Å². The van der Waals surface area contributed by atoms with Gasteiger partial charge in [-0.2, -0.15) is 0 Å². The van der Waals surface area contributed by atoms with Crippen LogP contribution in [-0.4, -0.2) is 87.2 Å². The molecule has 4 nitrogen and oxygen atoms in total. The van der Waals surface area contributed by atoms with Crippen molar-refractivity contribution in [3.63, 3.8) is 0 Å². The molecule has 0 radical (unpaired) electrons. The minimum atomic E-state index is 1.15. The van der Waals surface area contributed by atoms with E-state index >= 15 is 0 Å². The van der Waals surface area contributed by atoms with E-state index in [1.54, 1.807) is 0 Å². The van der Waals surface area contributed by atoms with Gasteiger partial charge in [-0.3, -0.25) is 0 Å². The number of nitrogens with one attached hydrogen (secondary N) is 1. The van der Waals surface area contributed by atoms with Gasteiger partial charge in [0.15, 0.2) is 0 Å². The summed E-state index contributed by atoms with van der Waals surface area (Å²) in [7, 11) is 2.31. The molecule has 0 amide bonds. The first-order valence-corrected chi connectivity index (χ1v) is 19.8. The third-order valence-electron chi connectivity index (χ3n) is 7.40. The van der Waals surface area contributed by atoms with Crippen LogP contribution in [0, 0.1) is 0 Å². The molecule has 0 spiro atoms. The van der Waals surface area contributed by atoms with Crippen molar-refractivity contribution in [1.29, 1.82) is 0 Å². The van der Waals surface area contributed by atoms with Crippen LogP contribution in [0.25, 0.3) is 0 Å². The van der Waals surface area contributed by atoms with Gasteiger partial charge in [0.2, 0.25) is 0 Å². The van der Waals surface area contributed by atoms with Crippen molar-refractivity contribution in [2.45, 2.75) is 186 Å². The molecule has 1 rings (SSSR count). The molecule has 0 aromatic rings. The fourth-order valence-electron chi connectivity index (χ4n) is 3.97. The van der Waals surface area contributed by atoms with Gasteiger partial charge in [-0.1, -0.05) is 160 Å². The van der Waals surface area contributed by atoms with Crippen LogP contribution in [0.5, 0.6) is 0 Å². The maximum atomic E-state index is 3.70. The molecule has 1 N–H and O–H groups in total. The van der Waals surface area contributed by atoms with Gasteiger partial charge >= 0.3 is 0 Å². The average molecular weight is 617 g/mol. The number of unbranched alkanes of at least 4 members (excludes halogenated alkanes) is 9. The largest absolute Gasteiger partial charge is 0.315 e. The summed E-state index contributed by atoms with van der Waals surface area (Å²) < 4.78 is 0. The highest BCUT2D eigenvalue weighted by Crippen LogP contribution is 2.05. The molecule has 0 aromatic heterocycles. The summed E-state index contributed by atoms with van der Waals surface area (Å²) in [5.74, 6) is 0. The molecule has 1 aliphatic heterocycles.